The van der Waals surface area contributed by atoms with Crippen molar-refractivity contribution in [3.05, 3.63) is 59.1 Å². The van der Waals surface area contributed by atoms with Crippen molar-refractivity contribution in [2.75, 3.05) is 5.32 Å². The van der Waals surface area contributed by atoms with Gasteiger partial charge in [-0.25, -0.2) is 0 Å². The maximum Gasteiger partial charge on any atom is 0.237 e. The Morgan fingerprint density at radius 2 is 1.83 bits per heavy atom. The Hall–Kier alpha value is -2.31. The molecule has 7 heteroatoms. The second-order valence-corrected chi connectivity index (χ2v) is 8.71. The van der Waals surface area contributed by atoms with E-state index in [0.717, 1.165) is 23.2 Å². The van der Waals surface area contributed by atoms with Crippen LogP contribution in [-0.2, 0) is 11.8 Å². The molecule has 0 spiro atoms. The number of nitrogens with one attached hydrogen (secondary N) is 1. The molecule has 3 aromatic rings. The molecule has 29 heavy (non-hydrogen) atoms. The van der Waals surface area contributed by atoms with E-state index in [1.165, 1.54) is 11.8 Å². The Kier molecular flexibility index (Phi) is 6.98. The smallest absolute Gasteiger partial charge is 0.237 e. The predicted octanol–water partition coefficient (Wildman–Crippen LogP) is 5.77. The fourth-order valence-electron chi connectivity index (χ4n) is 3.00. The van der Waals surface area contributed by atoms with Crippen molar-refractivity contribution in [2.24, 2.45) is 7.05 Å². The summed E-state index contributed by atoms with van der Waals surface area (Å²) < 4.78 is 1.86. The first-order chi connectivity index (χ1) is 13.9. The highest BCUT2D eigenvalue weighted by Crippen LogP contribution is 2.31. The monoisotopic (exact) mass is 428 g/mol. The van der Waals surface area contributed by atoms with Gasteiger partial charge in [0.25, 0.3) is 0 Å². The van der Waals surface area contributed by atoms with Crippen LogP contribution in [0.5, 0.6) is 0 Å². The van der Waals surface area contributed by atoms with Crippen molar-refractivity contribution in [3.63, 3.8) is 0 Å². The number of amides is 1. The fourth-order valence-corrected chi connectivity index (χ4v) is 4.04. The second kappa shape index (κ2) is 9.46. The number of thioether (sulfide) groups is 1. The first-order valence-electron chi connectivity index (χ1n) is 9.63. The number of hydrogen-bond acceptors (Lipinski definition) is 4. The lowest BCUT2D eigenvalue weighted by atomic mass is 9.97. The molecule has 0 fully saturated rings. The minimum atomic E-state index is -0.331. The summed E-state index contributed by atoms with van der Waals surface area (Å²) in [5.41, 5.74) is 2.84. The molecular formula is C22H25ClN4OS. The van der Waals surface area contributed by atoms with Crippen molar-refractivity contribution in [1.82, 2.24) is 14.8 Å². The maximum atomic E-state index is 12.8. The van der Waals surface area contributed by atoms with Gasteiger partial charge in [-0.05, 0) is 43.0 Å². The van der Waals surface area contributed by atoms with Gasteiger partial charge in [-0.3, -0.25) is 4.79 Å². The van der Waals surface area contributed by atoms with Crippen molar-refractivity contribution >= 4 is 35.0 Å². The molecule has 0 bridgehead atoms. The van der Waals surface area contributed by atoms with Crippen LogP contribution >= 0.6 is 23.4 Å². The third-order valence-corrected chi connectivity index (χ3v) is 6.43. The van der Waals surface area contributed by atoms with Crippen LogP contribution in [0.2, 0.25) is 5.02 Å². The van der Waals surface area contributed by atoms with Crippen LogP contribution < -0.4 is 5.32 Å². The normalized spacial score (nSPS) is 13.1. The van der Waals surface area contributed by atoms with Crippen molar-refractivity contribution in [1.29, 1.82) is 0 Å². The SMILES string of the molecule is CCC(C)c1ccccc1NC(=O)C(C)Sc1nnc(-c2ccccc2Cl)n1C. The summed E-state index contributed by atoms with van der Waals surface area (Å²) in [5, 5.41) is 12.6. The first kappa shape index (κ1) is 21.4. The number of halogens is 1. The zero-order chi connectivity index (χ0) is 21.0. The number of benzene rings is 2. The van der Waals surface area contributed by atoms with Crippen molar-refractivity contribution in [3.8, 4) is 11.4 Å². The molecule has 0 saturated carbocycles. The number of carbonyl (C=O) groups excluding carboxylic acids is 1. The number of anilines is 1. The molecule has 5 nitrogen and oxygen atoms in total. The lowest BCUT2D eigenvalue weighted by Crippen LogP contribution is -2.23. The number of hydrogen-bond donors (Lipinski definition) is 1. The highest BCUT2D eigenvalue weighted by molar-refractivity contribution is 8.00. The topological polar surface area (TPSA) is 59.8 Å². The number of aromatic nitrogens is 3. The quantitative estimate of drug-likeness (QED) is 0.485. The third kappa shape index (κ3) is 4.82. The first-order valence-corrected chi connectivity index (χ1v) is 10.9. The summed E-state index contributed by atoms with van der Waals surface area (Å²) >= 11 is 7.66. The molecule has 0 radical (unpaired) electrons. The van der Waals surface area contributed by atoms with E-state index in [1.807, 2.05) is 61.0 Å². The van der Waals surface area contributed by atoms with Crippen LogP contribution in [0.15, 0.2) is 53.7 Å². The lowest BCUT2D eigenvalue weighted by molar-refractivity contribution is -0.115. The molecule has 2 aromatic carbocycles. The van der Waals surface area contributed by atoms with Crippen LogP contribution in [0.4, 0.5) is 5.69 Å². The lowest BCUT2D eigenvalue weighted by Gasteiger charge is -2.17. The maximum absolute atomic E-state index is 12.8. The van der Waals surface area contributed by atoms with Crippen LogP contribution in [0.25, 0.3) is 11.4 Å². The Balaban J connectivity index is 1.74. The van der Waals surface area contributed by atoms with Gasteiger partial charge >= 0.3 is 0 Å². The van der Waals surface area contributed by atoms with Gasteiger partial charge in [-0.2, -0.15) is 0 Å². The summed E-state index contributed by atoms with van der Waals surface area (Å²) in [6.07, 6.45) is 1.01. The number of para-hydroxylation sites is 1. The highest BCUT2D eigenvalue weighted by Gasteiger charge is 2.21. The Labute approximate surface area is 180 Å². The molecule has 1 amide bonds. The average Bonchev–Trinajstić information content (AvgIpc) is 3.08. The Bertz CT molecular complexity index is 1000. The van der Waals surface area contributed by atoms with E-state index < -0.39 is 0 Å². The molecule has 152 valence electrons. The van der Waals surface area contributed by atoms with Crippen LogP contribution in [-0.4, -0.2) is 25.9 Å². The third-order valence-electron chi connectivity index (χ3n) is 4.96. The number of rotatable bonds is 7. The summed E-state index contributed by atoms with van der Waals surface area (Å²) in [7, 11) is 1.88. The molecule has 0 aliphatic carbocycles. The minimum absolute atomic E-state index is 0.0620. The second-order valence-electron chi connectivity index (χ2n) is 6.99. The van der Waals surface area contributed by atoms with Gasteiger partial charge in [0.2, 0.25) is 5.91 Å². The van der Waals surface area contributed by atoms with Crippen LogP contribution in [0.1, 0.15) is 38.7 Å². The summed E-state index contributed by atoms with van der Waals surface area (Å²) in [6, 6.07) is 15.5. The molecule has 2 atom stereocenters. The molecular weight excluding hydrogens is 404 g/mol. The van der Waals surface area contributed by atoms with Gasteiger partial charge in [-0.15, -0.1) is 10.2 Å². The standard InChI is InChI=1S/C22H25ClN4OS/c1-5-14(2)16-10-7-9-13-19(16)24-21(28)15(3)29-22-26-25-20(27(22)4)17-11-6-8-12-18(17)23/h6-15H,5H2,1-4H3,(H,24,28). The summed E-state index contributed by atoms with van der Waals surface area (Å²) in [4.78, 5) is 12.8. The Morgan fingerprint density at radius 1 is 1.14 bits per heavy atom. The van der Waals surface area contributed by atoms with E-state index in [9.17, 15) is 4.79 Å². The van der Waals surface area contributed by atoms with E-state index in [2.05, 4.69) is 35.4 Å². The number of carbonyl (C=O) groups is 1. The predicted molar refractivity (Wildman–Crippen MR) is 121 cm³/mol. The largest absolute Gasteiger partial charge is 0.325 e. The van der Waals surface area contributed by atoms with Gasteiger partial charge in [0.1, 0.15) is 0 Å². The molecule has 0 aliphatic rings. The average molecular weight is 429 g/mol. The molecule has 1 aromatic heterocycles. The summed E-state index contributed by atoms with van der Waals surface area (Å²) in [5.74, 6) is 0.993. The molecule has 0 saturated heterocycles. The van der Waals surface area contributed by atoms with E-state index in [1.54, 1.807) is 0 Å². The van der Waals surface area contributed by atoms with Crippen LogP contribution in [0.3, 0.4) is 0 Å². The van der Waals surface area contributed by atoms with Gasteiger partial charge in [0, 0.05) is 18.3 Å². The highest BCUT2D eigenvalue weighted by atomic mass is 35.5. The minimum Gasteiger partial charge on any atom is -0.325 e. The molecule has 1 heterocycles. The van der Waals surface area contributed by atoms with Gasteiger partial charge in [0.05, 0.1) is 10.3 Å². The molecule has 2 unspecified atom stereocenters. The summed E-state index contributed by atoms with van der Waals surface area (Å²) in [6.45, 7) is 6.18. The van der Waals surface area contributed by atoms with Crippen molar-refractivity contribution in [2.45, 2.75) is 43.5 Å². The molecule has 1 N–H and O–H groups in total. The van der Waals surface area contributed by atoms with E-state index in [4.69, 9.17) is 11.6 Å². The fraction of sp³-hybridized carbons (Fsp3) is 0.318. The number of nitrogens with zero attached hydrogens (tertiary/aromatic N) is 3. The van der Waals surface area contributed by atoms with E-state index in [-0.39, 0.29) is 11.2 Å². The molecule has 0 aliphatic heterocycles. The van der Waals surface area contributed by atoms with Gasteiger partial charge in [0.15, 0.2) is 11.0 Å². The molecule has 3 rings (SSSR count). The van der Waals surface area contributed by atoms with E-state index in [0.29, 0.717) is 21.9 Å². The zero-order valence-electron chi connectivity index (χ0n) is 17.0. The zero-order valence-corrected chi connectivity index (χ0v) is 18.6. The van der Waals surface area contributed by atoms with Crippen molar-refractivity contribution < 1.29 is 4.79 Å². The van der Waals surface area contributed by atoms with E-state index >= 15 is 0 Å². The van der Waals surface area contributed by atoms with Gasteiger partial charge in [-0.1, -0.05) is 67.5 Å². The van der Waals surface area contributed by atoms with Gasteiger partial charge < -0.3 is 9.88 Å². The Morgan fingerprint density at radius 3 is 2.55 bits per heavy atom. The van der Waals surface area contributed by atoms with Crippen LogP contribution in [0, 0.1) is 0 Å².